The summed E-state index contributed by atoms with van der Waals surface area (Å²) in [6, 6.07) is 0.734. The fourth-order valence-corrected chi connectivity index (χ4v) is 2.70. The molecule has 2 heterocycles. The van der Waals surface area contributed by atoms with Crippen molar-refractivity contribution in [2.75, 3.05) is 45.8 Å². The van der Waals surface area contributed by atoms with E-state index in [1.807, 2.05) is 0 Å². The molecule has 4 nitrogen and oxygen atoms in total. The van der Waals surface area contributed by atoms with E-state index in [1.165, 1.54) is 13.0 Å². The summed E-state index contributed by atoms with van der Waals surface area (Å²) in [6.45, 7) is 12.6. The smallest absolute Gasteiger partial charge is 0.0462 e. The quantitative estimate of drug-likeness (QED) is 0.493. The third-order valence-electron chi connectivity index (χ3n) is 4.15. The minimum atomic E-state index is 0.399. The van der Waals surface area contributed by atoms with E-state index >= 15 is 0 Å². The van der Waals surface area contributed by atoms with E-state index < -0.39 is 0 Å². The third kappa shape index (κ3) is 2.74. The maximum Gasteiger partial charge on any atom is 0.0462 e. The zero-order valence-electron chi connectivity index (χ0n) is 10.7. The van der Waals surface area contributed by atoms with Crippen LogP contribution in [0.3, 0.4) is 0 Å². The van der Waals surface area contributed by atoms with Crippen molar-refractivity contribution in [3.8, 4) is 0 Å². The first-order chi connectivity index (χ1) is 7.75. The molecule has 0 spiro atoms. The van der Waals surface area contributed by atoms with Crippen LogP contribution in [-0.4, -0.2) is 62.3 Å². The number of rotatable bonds is 0. The Balaban J connectivity index is 1.79. The summed E-state index contributed by atoms with van der Waals surface area (Å²) in [5.74, 6) is 0. The van der Waals surface area contributed by atoms with E-state index in [9.17, 15) is 0 Å². The molecule has 0 aliphatic carbocycles. The monoisotopic (exact) mass is 226 g/mol. The first-order valence-electron chi connectivity index (χ1n) is 6.64. The molecular weight excluding hydrogens is 200 g/mol. The van der Waals surface area contributed by atoms with Crippen molar-refractivity contribution < 1.29 is 0 Å². The van der Waals surface area contributed by atoms with Crippen LogP contribution >= 0.6 is 0 Å². The summed E-state index contributed by atoms with van der Waals surface area (Å²) in [6.07, 6.45) is 1.23. The Bertz CT molecular complexity index is 221. The van der Waals surface area contributed by atoms with Crippen molar-refractivity contribution in [1.29, 1.82) is 0 Å². The largest absolute Gasteiger partial charge is 0.315 e. The average Bonchev–Trinajstić information content (AvgIpc) is 2.78. The molecule has 0 amide bonds. The number of fused-ring (bicyclic) bond motifs is 1. The molecule has 0 bridgehead atoms. The van der Waals surface area contributed by atoms with Gasteiger partial charge in [0.25, 0.3) is 0 Å². The zero-order chi connectivity index (χ0) is 11.4. The van der Waals surface area contributed by atoms with Gasteiger partial charge >= 0.3 is 0 Å². The second kappa shape index (κ2) is 5.45. The first-order valence-corrected chi connectivity index (χ1v) is 6.64. The van der Waals surface area contributed by atoms with Crippen LogP contribution in [0.4, 0.5) is 0 Å². The molecule has 94 valence electrons. The van der Waals surface area contributed by atoms with Crippen LogP contribution in [0.5, 0.6) is 0 Å². The Morgan fingerprint density at radius 3 is 2.50 bits per heavy atom. The second-order valence-corrected chi connectivity index (χ2v) is 5.26. The third-order valence-corrected chi connectivity index (χ3v) is 4.15. The molecule has 3 N–H and O–H groups in total. The van der Waals surface area contributed by atoms with Gasteiger partial charge in [0, 0.05) is 44.3 Å². The molecule has 3 atom stereocenters. The number of nitrogens with zero attached hydrogens (tertiary/aromatic N) is 1. The Labute approximate surface area is 99.2 Å². The molecule has 3 unspecified atom stereocenters. The Morgan fingerprint density at radius 1 is 1.00 bits per heavy atom. The second-order valence-electron chi connectivity index (χ2n) is 5.26. The van der Waals surface area contributed by atoms with Gasteiger partial charge in [-0.15, -0.1) is 0 Å². The Morgan fingerprint density at radius 2 is 1.69 bits per heavy atom. The van der Waals surface area contributed by atoms with E-state index in [0.29, 0.717) is 5.54 Å². The fraction of sp³-hybridized carbons (Fsp3) is 1.00. The molecule has 2 aliphatic heterocycles. The molecule has 0 aromatic heterocycles. The SMILES string of the molecule is CC1N2CCNCCCNCCNCC12C. The molecule has 2 saturated heterocycles. The standard InChI is InChI=1S/C12H26N4/c1-11-12(2)10-15-7-6-13-4-3-5-14-8-9-16(11)12/h11,13-15H,3-10H2,1-2H3. The van der Waals surface area contributed by atoms with Crippen molar-refractivity contribution >= 4 is 0 Å². The highest BCUT2D eigenvalue weighted by Gasteiger charge is 2.54. The summed E-state index contributed by atoms with van der Waals surface area (Å²) < 4.78 is 0. The molecule has 16 heavy (non-hydrogen) atoms. The van der Waals surface area contributed by atoms with Gasteiger partial charge in [-0.25, -0.2) is 0 Å². The summed E-state index contributed by atoms with van der Waals surface area (Å²) in [5, 5.41) is 10.5. The van der Waals surface area contributed by atoms with Crippen LogP contribution in [0.2, 0.25) is 0 Å². The van der Waals surface area contributed by atoms with Crippen LogP contribution in [-0.2, 0) is 0 Å². The highest BCUT2D eigenvalue weighted by Crippen LogP contribution is 2.39. The molecule has 0 radical (unpaired) electrons. The van der Waals surface area contributed by atoms with Crippen LogP contribution in [0.15, 0.2) is 0 Å². The summed E-state index contributed by atoms with van der Waals surface area (Å²) >= 11 is 0. The van der Waals surface area contributed by atoms with Gasteiger partial charge in [0.15, 0.2) is 0 Å². The maximum atomic E-state index is 3.56. The van der Waals surface area contributed by atoms with Crippen LogP contribution in [0.1, 0.15) is 20.3 Å². The van der Waals surface area contributed by atoms with Crippen molar-refractivity contribution in [3.05, 3.63) is 0 Å². The minimum absolute atomic E-state index is 0.399. The lowest BCUT2D eigenvalue weighted by Gasteiger charge is -2.13. The molecule has 2 rings (SSSR count). The van der Waals surface area contributed by atoms with Crippen LogP contribution < -0.4 is 16.0 Å². The molecule has 4 heteroatoms. The van der Waals surface area contributed by atoms with Gasteiger partial charge in [-0.3, -0.25) is 4.90 Å². The van der Waals surface area contributed by atoms with Gasteiger partial charge < -0.3 is 16.0 Å². The summed E-state index contributed by atoms with van der Waals surface area (Å²) in [5.41, 5.74) is 0.399. The van der Waals surface area contributed by atoms with E-state index in [1.54, 1.807) is 0 Å². The topological polar surface area (TPSA) is 39.1 Å². The summed E-state index contributed by atoms with van der Waals surface area (Å²) in [7, 11) is 0. The van der Waals surface area contributed by atoms with Crippen molar-refractivity contribution in [2.45, 2.75) is 31.8 Å². The zero-order valence-corrected chi connectivity index (χ0v) is 10.7. The van der Waals surface area contributed by atoms with Gasteiger partial charge in [0.2, 0.25) is 0 Å². The lowest BCUT2D eigenvalue weighted by molar-refractivity contribution is 0.398. The fourth-order valence-electron chi connectivity index (χ4n) is 2.70. The van der Waals surface area contributed by atoms with Gasteiger partial charge in [-0.1, -0.05) is 0 Å². The lowest BCUT2D eigenvalue weighted by Crippen LogP contribution is -2.36. The predicted molar refractivity (Wildman–Crippen MR) is 67.8 cm³/mol. The van der Waals surface area contributed by atoms with Crippen molar-refractivity contribution in [3.63, 3.8) is 0 Å². The first kappa shape index (κ1) is 12.3. The van der Waals surface area contributed by atoms with Crippen molar-refractivity contribution in [1.82, 2.24) is 20.9 Å². The minimum Gasteiger partial charge on any atom is -0.315 e. The molecule has 0 saturated carbocycles. The molecule has 2 aliphatic rings. The Kier molecular flexibility index (Phi) is 4.19. The molecule has 0 aromatic carbocycles. The molecule has 0 aromatic rings. The van der Waals surface area contributed by atoms with Gasteiger partial charge in [0.1, 0.15) is 0 Å². The molecule has 2 fully saturated rings. The van der Waals surface area contributed by atoms with Gasteiger partial charge in [0.05, 0.1) is 0 Å². The van der Waals surface area contributed by atoms with Crippen LogP contribution in [0.25, 0.3) is 0 Å². The van der Waals surface area contributed by atoms with E-state index in [2.05, 4.69) is 34.7 Å². The normalized spacial score (nSPS) is 42.4. The highest BCUT2D eigenvalue weighted by atomic mass is 15.4. The Hall–Kier alpha value is -0.160. The predicted octanol–water partition coefficient (Wildman–Crippen LogP) is -0.378. The van der Waals surface area contributed by atoms with E-state index in [0.717, 1.165) is 45.3 Å². The van der Waals surface area contributed by atoms with Crippen molar-refractivity contribution in [2.24, 2.45) is 0 Å². The van der Waals surface area contributed by atoms with E-state index in [4.69, 9.17) is 0 Å². The summed E-state index contributed by atoms with van der Waals surface area (Å²) in [4.78, 5) is 2.60. The average molecular weight is 226 g/mol. The molecular formula is C12H26N4. The van der Waals surface area contributed by atoms with E-state index in [-0.39, 0.29) is 0 Å². The maximum absolute atomic E-state index is 3.56. The van der Waals surface area contributed by atoms with Gasteiger partial charge in [-0.05, 0) is 33.4 Å². The number of hydrogen-bond acceptors (Lipinski definition) is 4. The lowest BCUT2D eigenvalue weighted by atomic mass is 10.1. The van der Waals surface area contributed by atoms with Gasteiger partial charge in [-0.2, -0.15) is 0 Å². The number of hydrogen-bond donors (Lipinski definition) is 3. The van der Waals surface area contributed by atoms with Crippen LogP contribution in [0, 0.1) is 0 Å². The number of nitrogens with one attached hydrogen (secondary N) is 3. The highest BCUT2D eigenvalue weighted by molar-refractivity contribution is 5.13.